The Morgan fingerprint density at radius 1 is 1.33 bits per heavy atom. The maximum atomic E-state index is 8.85. The number of halogens is 2. The first kappa shape index (κ1) is 20.7. The summed E-state index contributed by atoms with van der Waals surface area (Å²) in [5.74, 6) is 0. The van der Waals surface area contributed by atoms with Gasteiger partial charge in [-0.1, -0.05) is 0 Å². The number of likely N-dealkylation sites (N-methyl/N-ethyl adjacent to an activating group) is 1. The molecule has 0 spiro atoms. The van der Waals surface area contributed by atoms with Crippen molar-refractivity contribution < 1.29 is 5.11 Å². The van der Waals surface area contributed by atoms with Crippen molar-refractivity contribution in [3.05, 3.63) is 0 Å². The van der Waals surface area contributed by atoms with E-state index in [0.717, 1.165) is 26.2 Å². The van der Waals surface area contributed by atoms with Gasteiger partial charge in [0.1, 0.15) is 0 Å². The van der Waals surface area contributed by atoms with Crippen LogP contribution in [0.4, 0.5) is 0 Å². The Labute approximate surface area is 124 Å². The normalized spacial score (nSPS) is 19.8. The molecule has 1 aliphatic heterocycles. The summed E-state index contributed by atoms with van der Waals surface area (Å²) in [6.45, 7) is 8.75. The second-order valence-electron chi connectivity index (χ2n) is 5.34. The van der Waals surface area contributed by atoms with E-state index >= 15 is 0 Å². The van der Waals surface area contributed by atoms with Crippen LogP contribution in [0.15, 0.2) is 0 Å². The molecular weight excluding hydrogens is 273 g/mol. The summed E-state index contributed by atoms with van der Waals surface area (Å²) in [6, 6.07) is 0.472. The molecule has 0 aromatic rings. The molecule has 0 aromatic heterocycles. The van der Waals surface area contributed by atoms with Crippen molar-refractivity contribution >= 4 is 24.8 Å². The molecule has 1 saturated heterocycles. The van der Waals surface area contributed by atoms with Gasteiger partial charge in [-0.05, 0) is 46.8 Å². The molecule has 4 nitrogen and oxygen atoms in total. The Kier molecular flexibility index (Phi) is 11.8. The monoisotopic (exact) mass is 301 g/mol. The highest BCUT2D eigenvalue weighted by Crippen LogP contribution is 2.17. The van der Waals surface area contributed by atoms with E-state index in [-0.39, 0.29) is 37.0 Å². The number of aliphatic hydroxyl groups excluding tert-OH is 1. The quantitative estimate of drug-likeness (QED) is 0.681. The minimum atomic E-state index is 0. The first-order valence-electron chi connectivity index (χ1n) is 6.33. The van der Waals surface area contributed by atoms with Gasteiger partial charge < -0.3 is 20.6 Å². The maximum Gasteiger partial charge on any atom is 0.0558 e. The van der Waals surface area contributed by atoms with Gasteiger partial charge in [0.25, 0.3) is 0 Å². The number of rotatable bonds is 6. The Hall–Kier alpha value is 0.420. The summed E-state index contributed by atoms with van der Waals surface area (Å²) in [4.78, 5) is 2.17. The average molecular weight is 302 g/mol. The van der Waals surface area contributed by atoms with E-state index < -0.39 is 0 Å². The lowest BCUT2D eigenvalue weighted by atomic mass is 9.90. The molecule has 0 aromatic carbocycles. The largest absolute Gasteiger partial charge is 0.395 e. The van der Waals surface area contributed by atoms with Crippen LogP contribution in [0.25, 0.3) is 0 Å². The third-order valence-electron chi connectivity index (χ3n) is 3.37. The van der Waals surface area contributed by atoms with Gasteiger partial charge in [0.05, 0.1) is 6.61 Å². The van der Waals surface area contributed by atoms with Gasteiger partial charge in [0.15, 0.2) is 0 Å². The van der Waals surface area contributed by atoms with Gasteiger partial charge in [0, 0.05) is 24.7 Å². The van der Waals surface area contributed by atoms with Crippen molar-refractivity contribution in [1.29, 1.82) is 0 Å². The molecule has 1 fully saturated rings. The number of hydrogen-bond acceptors (Lipinski definition) is 4. The maximum absolute atomic E-state index is 8.85. The van der Waals surface area contributed by atoms with Crippen LogP contribution in [-0.2, 0) is 0 Å². The minimum Gasteiger partial charge on any atom is -0.395 e. The molecule has 112 valence electrons. The van der Waals surface area contributed by atoms with Gasteiger partial charge >= 0.3 is 0 Å². The zero-order valence-corrected chi connectivity index (χ0v) is 13.4. The molecule has 0 bridgehead atoms. The molecule has 1 rings (SSSR count). The molecule has 0 aliphatic carbocycles. The van der Waals surface area contributed by atoms with Crippen LogP contribution < -0.4 is 10.6 Å². The summed E-state index contributed by atoms with van der Waals surface area (Å²) in [5.41, 5.74) is 0.282. The van der Waals surface area contributed by atoms with E-state index in [2.05, 4.69) is 36.4 Å². The Morgan fingerprint density at radius 3 is 2.39 bits per heavy atom. The van der Waals surface area contributed by atoms with E-state index in [4.69, 9.17) is 5.11 Å². The van der Waals surface area contributed by atoms with Gasteiger partial charge in [-0.3, -0.25) is 0 Å². The topological polar surface area (TPSA) is 47.5 Å². The van der Waals surface area contributed by atoms with E-state index in [0.29, 0.717) is 6.04 Å². The molecule has 0 saturated carbocycles. The number of nitrogens with zero attached hydrogens (tertiary/aromatic N) is 1. The lowest BCUT2D eigenvalue weighted by molar-refractivity contribution is 0.185. The molecule has 3 N–H and O–H groups in total. The summed E-state index contributed by atoms with van der Waals surface area (Å²) in [7, 11) is 2.05. The second-order valence-corrected chi connectivity index (χ2v) is 5.34. The molecule has 0 amide bonds. The van der Waals surface area contributed by atoms with Crippen molar-refractivity contribution in [1.82, 2.24) is 15.5 Å². The zero-order chi connectivity index (χ0) is 12.0. The fourth-order valence-corrected chi connectivity index (χ4v) is 2.49. The standard InChI is InChI=1S/C12H27N3O.2ClH/c1-11(10-15(3)8-9-16)14-12(2)4-6-13-7-5-12;;/h11,13-14,16H,4-10H2,1-3H3;2*1H. The van der Waals surface area contributed by atoms with Gasteiger partial charge in [-0.25, -0.2) is 0 Å². The van der Waals surface area contributed by atoms with E-state index in [1.54, 1.807) is 0 Å². The van der Waals surface area contributed by atoms with Gasteiger partial charge in [-0.15, -0.1) is 24.8 Å². The smallest absolute Gasteiger partial charge is 0.0558 e. The van der Waals surface area contributed by atoms with Crippen molar-refractivity contribution in [3.8, 4) is 0 Å². The summed E-state index contributed by atoms with van der Waals surface area (Å²) in [6.07, 6.45) is 2.39. The minimum absolute atomic E-state index is 0. The lowest BCUT2D eigenvalue weighted by Crippen LogP contribution is -2.55. The van der Waals surface area contributed by atoms with Crippen LogP contribution in [0.1, 0.15) is 26.7 Å². The SMILES string of the molecule is CC(CN(C)CCO)NC1(C)CCNCC1.Cl.Cl. The number of nitrogens with one attached hydrogen (secondary N) is 2. The first-order chi connectivity index (χ1) is 7.56. The van der Waals surface area contributed by atoms with Crippen LogP contribution in [0.2, 0.25) is 0 Å². The molecule has 1 unspecified atom stereocenters. The van der Waals surface area contributed by atoms with Crippen molar-refractivity contribution in [2.24, 2.45) is 0 Å². The third kappa shape index (κ3) is 7.77. The van der Waals surface area contributed by atoms with E-state index in [9.17, 15) is 0 Å². The molecule has 1 aliphatic rings. The van der Waals surface area contributed by atoms with Crippen LogP contribution in [0, 0.1) is 0 Å². The Balaban J connectivity index is 0. The predicted octanol–water partition coefficient (Wildman–Crippen LogP) is 0.874. The van der Waals surface area contributed by atoms with Crippen LogP contribution in [-0.4, -0.2) is 61.4 Å². The van der Waals surface area contributed by atoms with Gasteiger partial charge in [0.2, 0.25) is 0 Å². The highest BCUT2D eigenvalue weighted by Gasteiger charge is 2.27. The van der Waals surface area contributed by atoms with E-state index in [1.807, 2.05) is 0 Å². The molecule has 1 atom stereocenters. The van der Waals surface area contributed by atoms with Crippen molar-refractivity contribution in [2.45, 2.75) is 38.3 Å². The average Bonchev–Trinajstić information content (AvgIpc) is 2.17. The molecule has 0 radical (unpaired) electrons. The highest BCUT2D eigenvalue weighted by molar-refractivity contribution is 5.85. The molecule has 18 heavy (non-hydrogen) atoms. The number of aliphatic hydroxyl groups is 1. The van der Waals surface area contributed by atoms with Crippen LogP contribution >= 0.6 is 24.8 Å². The van der Waals surface area contributed by atoms with Crippen LogP contribution in [0.3, 0.4) is 0 Å². The predicted molar refractivity (Wildman–Crippen MR) is 82.2 cm³/mol. The van der Waals surface area contributed by atoms with Crippen LogP contribution in [0.5, 0.6) is 0 Å². The Bertz CT molecular complexity index is 202. The van der Waals surface area contributed by atoms with Crippen molar-refractivity contribution in [2.75, 3.05) is 39.8 Å². The van der Waals surface area contributed by atoms with Gasteiger partial charge in [-0.2, -0.15) is 0 Å². The third-order valence-corrected chi connectivity index (χ3v) is 3.37. The number of hydrogen-bond donors (Lipinski definition) is 3. The zero-order valence-electron chi connectivity index (χ0n) is 11.7. The summed E-state index contributed by atoms with van der Waals surface area (Å²) >= 11 is 0. The second kappa shape index (κ2) is 10.2. The molecule has 1 heterocycles. The first-order valence-corrected chi connectivity index (χ1v) is 6.33. The number of piperidine rings is 1. The molecular formula is C12H29Cl2N3O. The highest BCUT2D eigenvalue weighted by atomic mass is 35.5. The fourth-order valence-electron chi connectivity index (χ4n) is 2.49. The molecule has 6 heteroatoms. The fraction of sp³-hybridized carbons (Fsp3) is 1.00. The summed E-state index contributed by atoms with van der Waals surface area (Å²) < 4.78 is 0. The summed E-state index contributed by atoms with van der Waals surface area (Å²) in [5, 5.41) is 16.0. The lowest BCUT2D eigenvalue weighted by Gasteiger charge is -2.38. The van der Waals surface area contributed by atoms with E-state index in [1.165, 1.54) is 12.8 Å². The Morgan fingerprint density at radius 2 is 1.89 bits per heavy atom. The van der Waals surface area contributed by atoms with Crippen molar-refractivity contribution in [3.63, 3.8) is 0 Å².